The monoisotopic (exact) mass is 402 g/mol. The van der Waals surface area contributed by atoms with Gasteiger partial charge < -0.3 is 4.74 Å². The molecule has 2 aromatic carbocycles. The van der Waals surface area contributed by atoms with E-state index in [9.17, 15) is 4.79 Å². The largest absolute Gasteiger partial charge is 0.469 e. The van der Waals surface area contributed by atoms with Crippen LogP contribution in [0, 0.1) is 41.5 Å². The Morgan fingerprint density at radius 3 is 1.57 bits per heavy atom. The molecule has 0 saturated heterocycles. The van der Waals surface area contributed by atoms with Crippen LogP contribution < -0.4 is 10.9 Å². The molecule has 0 bridgehead atoms. The predicted octanol–water partition coefficient (Wildman–Crippen LogP) is 5.12. The van der Waals surface area contributed by atoms with Gasteiger partial charge in [-0.2, -0.15) is 0 Å². The lowest BCUT2D eigenvalue weighted by atomic mass is 9.32. The lowest BCUT2D eigenvalue weighted by Gasteiger charge is -2.27. The maximum Gasteiger partial charge on any atom is 0.308 e. The number of hydrogen-bond donors (Lipinski definition) is 0. The molecule has 0 aromatic heterocycles. The van der Waals surface area contributed by atoms with Crippen LogP contribution in [0.4, 0.5) is 0 Å². The highest BCUT2D eigenvalue weighted by Gasteiger charge is 2.33. The number of allylic oxidation sites excluding steroid dienone is 1. The molecule has 1 fully saturated rings. The van der Waals surface area contributed by atoms with Gasteiger partial charge in [-0.25, -0.2) is 0 Å². The van der Waals surface area contributed by atoms with Gasteiger partial charge in [-0.3, -0.25) is 4.79 Å². The molecule has 0 N–H and O–H groups in total. The number of carbonyl (C=O) groups excluding carboxylic acids is 1. The van der Waals surface area contributed by atoms with Crippen LogP contribution in [0.1, 0.15) is 65.5 Å². The lowest BCUT2D eigenvalue weighted by Crippen LogP contribution is -2.50. The first-order chi connectivity index (χ1) is 14.2. The summed E-state index contributed by atoms with van der Waals surface area (Å²) in [7, 11) is 1.50. The fraction of sp³-hybridized carbons (Fsp3) is 0.444. The van der Waals surface area contributed by atoms with Crippen molar-refractivity contribution in [3.05, 3.63) is 68.7 Å². The smallest absolute Gasteiger partial charge is 0.308 e. The van der Waals surface area contributed by atoms with Gasteiger partial charge in [-0.05, 0) is 67.2 Å². The van der Waals surface area contributed by atoms with Gasteiger partial charge in [0.1, 0.15) is 0 Å². The van der Waals surface area contributed by atoms with Gasteiger partial charge in [0.05, 0.1) is 13.5 Å². The molecule has 158 valence electrons. The number of carbonyl (C=O) groups is 1. The van der Waals surface area contributed by atoms with Crippen molar-refractivity contribution in [1.29, 1.82) is 0 Å². The van der Waals surface area contributed by atoms with Crippen LogP contribution in [0.2, 0.25) is 0 Å². The summed E-state index contributed by atoms with van der Waals surface area (Å²) >= 11 is 0. The third-order valence-corrected chi connectivity index (χ3v) is 6.63. The number of hydrogen-bond acceptors (Lipinski definition) is 2. The Morgan fingerprint density at radius 1 is 0.800 bits per heavy atom. The lowest BCUT2D eigenvalue weighted by molar-refractivity contribution is -0.139. The Labute approximate surface area is 182 Å². The van der Waals surface area contributed by atoms with E-state index in [0.717, 1.165) is 12.8 Å². The summed E-state index contributed by atoms with van der Waals surface area (Å²) in [4.78, 5) is 12.5. The van der Waals surface area contributed by atoms with Gasteiger partial charge in [-0.15, -0.1) is 0 Å². The molecule has 3 rings (SSSR count). The second-order valence-electron chi connectivity index (χ2n) is 9.15. The van der Waals surface area contributed by atoms with Gasteiger partial charge in [0, 0.05) is 0 Å². The van der Waals surface area contributed by atoms with Crippen LogP contribution in [0.5, 0.6) is 0 Å². The first kappa shape index (κ1) is 22.4. The minimum Gasteiger partial charge on any atom is -0.469 e. The molecule has 0 spiro atoms. The SMILES string of the molecule is COC(=O)CC(B(c1c(C)cc(C)cc1C)c1c(C)cc(C)cc1C)=C1CCCC1. The number of rotatable bonds is 5. The maximum absolute atomic E-state index is 12.5. The third-order valence-electron chi connectivity index (χ3n) is 6.63. The summed E-state index contributed by atoms with van der Waals surface area (Å²) < 4.78 is 5.15. The van der Waals surface area contributed by atoms with Crippen LogP contribution in [-0.4, -0.2) is 19.8 Å². The van der Waals surface area contributed by atoms with Crippen molar-refractivity contribution >= 4 is 23.6 Å². The number of methoxy groups -OCH3 is 1. The van der Waals surface area contributed by atoms with Crippen molar-refractivity contribution < 1.29 is 9.53 Å². The molecule has 0 amide bonds. The van der Waals surface area contributed by atoms with Crippen molar-refractivity contribution in [3.8, 4) is 0 Å². The minimum atomic E-state index is -0.140. The second-order valence-corrected chi connectivity index (χ2v) is 9.15. The fourth-order valence-corrected chi connectivity index (χ4v) is 5.57. The van der Waals surface area contributed by atoms with Crippen LogP contribution in [0.15, 0.2) is 35.3 Å². The maximum atomic E-state index is 12.5. The average Bonchev–Trinajstić information content (AvgIpc) is 3.17. The highest BCUT2D eigenvalue weighted by Crippen LogP contribution is 2.31. The number of benzene rings is 2. The Kier molecular flexibility index (Phi) is 6.90. The molecule has 1 aliphatic rings. The molecule has 1 aliphatic carbocycles. The highest BCUT2D eigenvalue weighted by molar-refractivity contribution is 6.92. The second kappa shape index (κ2) is 9.24. The number of esters is 1. The van der Waals surface area contributed by atoms with E-state index in [-0.39, 0.29) is 12.7 Å². The first-order valence-corrected chi connectivity index (χ1v) is 11.2. The Bertz CT molecular complexity index is 888. The molecule has 2 nitrogen and oxygen atoms in total. The standard InChI is InChI=1S/C27H35BO2/c1-17-12-19(3)26(20(4)13-17)28(27-21(5)14-18(2)15-22(27)6)24(16-25(29)30-7)23-10-8-9-11-23/h12-15H,8-11,16H2,1-7H3. The normalized spacial score (nSPS) is 13.5. The van der Waals surface area contributed by atoms with Crippen LogP contribution in [0.3, 0.4) is 0 Å². The number of aryl methyl sites for hydroxylation is 6. The first-order valence-electron chi connectivity index (χ1n) is 11.2. The zero-order valence-corrected chi connectivity index (χ0v) is 19.7. The Balaban J connectivity index is 2.35. The van der Waals surface area contributed by atoms with Crippen LogP contribution >= 0.6 is 0 Å². The Morgan fingerprint density at radius 2 is 1.20 bits per heavy atom. The zero-order chi connectivity index (χ0) is 22.0. The molecular weight excluding hydrogens is 367 g/mol. The highest BCUT2D eigenvalue weighted by atomic mass is 16.5. The van der Waals surface area contributed by atoms with Gasteiger partial charge in [-0.1, -0.05) is 79.6 Å². The molecule has 2 aromatic rings. The van der Waals surface area contributed by atoms with Gasteiger partial charge in [0.2, 0.25) is 6.71 Å². The fourth-order valence-electron chi connectivity index (χ4n) is 5.57. The Hall–Kier alpha value is -2.29. The third kappa shape index (κ3) is 4.56. The summed E-state index contributed by atoms with van der Waals surface area (Å²) in [5.74, 6) is -0.140. The van der Waals surface area contributed by atoms with Crippen LogP contribution in [-0.2, 0) is 9.53 Å². The summed E-state index contributed by atoms with van der Waals surface area (Å²) in [5, 5.41) is 0. The summed E-state index contributed by atoms with van der Waals surface area (Å²) in [6.07, 6.45) is 4.98. The average molecular weight is 402 g/mol. The molecule has 3 heteroatoms. The van der Waals surface area contributed by atoms with Gasteiger partial charge in [0.15, 0.2) is 0 Å². The molecule has 1 saturated carbocycles. The predicted molar refractivity (Wildman–Crippen MR) is 128 cm³/mol. The van der Waals surface area contributed by atoms with E-state index in [4.69, 9.17) is 4.74 Å². The van der Waals surface area contributed by atoms with Crippen molar-refractivity contribution in [2.75, 3.05) is 7.11 Å². The van der Waals surface area contributed by atoms with Crippen LogP contribution in [0.25, 0.3) is 0 Å². The molecular formula is C27H35BO2. The molecule has 30 heavy (non-hydrogen) atoms. The van der Waals surface area contributed by atoms with Crippen molar-refractivity contribution in [1.82, 2.24) is 0 Å². The molecule has 0 unspecified atom stereocenters. The summed E-state index contributed by atoms with van der Waals surface area (Å²) in [6.45, 7) is 13.3. The molecule has 0 aliphatic heterocycles. The number of ether oxygens (including phenoxy) is 1. The van der Waals surface area contributed by atoms with Crippen molar-refractivity contribution in [2.45, 2.75) is 73.6 Å². The van der Waals surface area contributed by atoms with E-state index < -0.39 is 0 Å². The summed E-state index contributed by atoms with van der Waals surface area (Å²) in [5.41, 5.74) is 13.2. The van der Waals surface area contributed by atoms with E-state index in [0.29, 0.717) is 6.42 Å². The van der Waals surface area contributed by atoms with Crippen molar-refractivity contribution in [3.63, 3.8) is 0 Å². The molecule has 0 heterocycles. The van der Waals surface area contributed by atoms with E-state index >= 15 is 0 Å². The quantitative estimate of drug-likeness (QED) is 0.513. The van der Waals surface area contributed by atoms with E-state index in [1.54, 1.807) is 0 Å². The van der Waals surface area contributed by atoms with Gasteiger partial charge >= 0.3 is 5.97 Å². The molecule has 0 atom stereocenters. The van der Waals surface area contributed by atoms with E-state index in [1.807, 2.05) is 0 Å². The zero-order valence-electron chi connectivity index (χ0n) is 19.7. The topological polar surface area (TPSA) is 26.3 Å². The molecule has 0 radical (unpaired) electrons. The summed E-state index contributed by atoms with van der Waals surface area (Å²) in [6, 6.07) is 9.12. The van der Waals surface area contributed by atoms with Gasteiger partial charge in [0.25, 0.3) is 0 Å². The van der Waals surface area contributed by atoms with E-state index in [2.05, 4.69) is 65.8 Å². The van der Waals surface area contributed by atoms with E-state index in [1.165, 1.54) is 75.3 Å². The van der Waals surface area contributed by atoms with Crippen molar-refractivity contribution in [2.24, 2.45) is 0 Å². The minimum absolute atomic E-state index is 0.0957.